The number of carbonyl (C=O) groups excluding carboxylic acids is 4. The van der Waals surface area contributed by atoms with E-state index in [0.717, 1.165) is 143 Å². The van der Waals surface area contributed by atoms with Crippen LogP contribution in [0.4, 0.5) is 0 Å². The van der Waals surface area contributed by atoms with Crippen LogP contribution in [0.25, 0.3) is 25.1 Å². The second-order valence-electron chi connectivity index (χ2n) is 44.7. The molecular weight excluding hydrogens is 1830 g/mol. The molecule has 0 saturated heterocycles. The Hall–Kier alpha value is -10.7. The Balaban J connectivity index is 0.000000109. The van der Waals surface area contributed by atoms with Gasteiger partial charge < -0.3 is 33.2 Å². The van der Waals surface area contributed by atoms with Gasteiger partial charge in [0.25, 0.3) is 0 Å². The lowest BCUT2D eigenvalue weighted by Crippen LogP contribution is -2.58. The third-order valence-corrected chi connectivity index (χ3v) is 43.6. The first-order valence-corrected chi connectivity index (χ1v) is 57.5. The number of aryl methyl sites for hydroxylation is 6. The molecule has 16 aliphatic carbocycles. The molecule has 0 radical (unpaired) electrons. The molecule has 0 atom stereocenters. The molecule has 11 nitrogen and oxygen atoms in total. The Labute approximate surface area is 851 Å². The van der Waals surface area contributed by atoms with Crippen LogP contribution in [0.5, 0.6) is 23.0 Å². The lowest BCUT2D eigenvalue weighted by atomic mass is 9.49. The van der Waals surface area contributed by atoms with E-state index in [9.17, 15) is 19.2 Å². The summed E-state index contributed by atoms with van der Waals surface area (Å²) < 4.78 is 45.8. The van der Waals surface area contributed by atoms with Crippen molar-refractivity contribution in [1.82, 2.24) is 0 Å². The van der Waals surface area contributed by atoms with Crippen LogP contribution < -0.4 is 18.9 Å². The van der Waals surface area contributed by atoms with Crippen LogP contribution in [-0.2, 0) is 66.1 Å². The maximum Gasteiger partial charge on any atom is 0.344 e. The maximum absolute atomic E-state index is 13.3. The predicted molar refractivity (Wildman–Crippen MR) is 571 cm³/mol. The van der Waals surface area contributed by atoms with Crippen molar-refractivity contribution in [2.75, 3.05) is 19.8 Å². The minimum absolute atomic E-state index is 0.0220. The topological polar surface area (TPSA) is 133 Å². The largest absolute Gasteiger partial charge is 0.481 e. The normalized spacial score (nSPS) is 27.6. The Morgan fingerprint density at radius 2 is 0.585 bits per heavy atom. The molecule has 730 valence electrons. The molecule has 142 heavy (non-hydrogen) atoms. The Bertz CT molecular complexity index is 6370. The zero-order valence-corrected chi connectivity index (χ0v) is 86.9. The van der Waals surface area contributed by atoms with Gasteiger partial charge in [-0.1, -0.05) is 133 Å². The van der Waals surface area contributed by atoms with Gasteiger partial charge in [-0.05, 0) is 434 Å². The van der Waals surface area contributed by atoms with E-state index in [1.165, 1.54) is 172 Å². The third kappa shape index (κ3) is 19.9. The molecule has 1 aromatic heterocycles. The molecule has 16 saturated carbocycles. The number of rotatable bonds is 24. The average Bonchev–Trinajstić information content (AvgIpc) is 0.862. The highest BCUT2D eigenvalue weighted by Crippen LogP contribution is 2.64. The van der Waals surface area contributed by atoms with Gasteiger partial charge in [-0.25, -0.2) is 14.4 Å². The van der Waals surface area contributed by atoms with Gasteiger partial charge in [0, 0.05) is 57.6 Å². The van der Waals surface area contributed by atoms with E-state index in [2.05, 4.69) is 321 Å². The molecule has 0 aliphatic heterocycles. The fraction of sp³-hybridized carbons (Fsp3) is 0.402. The first-order chi connectivity index (χ1) is 69.0. The molecule has 13 aromatic rings. The fourth-order valence-corrected chi connectivity index (χ4v) is 38.7. The molecular formula is C127H136O11S4+4. The summed E-state index contributed by atoms with van der Waals surface area (Å²) in [6.45, 7) is 16.8. The SMILES string of the molecule is Cc1cc(-[s+]2c3ccccc3c3ccccc32)cc(C)c1OCC(=O)OC1(C)C2CC3CC(C2)CC1C3.Cc1cc([S+](c2ccccc2)c2ccccc2)cc(C)c1OC(=O)COC1(C)C2CC3CC(C2)CC1C3.Cc1cc([S+](c2ccccc2)c2ccccc2)cc(C)c1OCC(=O)OC12CC3CC(CC(C3)C1)C2.O=C(Oc1ccc([S+](c2ccccc2)c2ccccc2)cc1)C12CC3CC(CC(C3)C1)C2. The smallest absolute Gasteiger partial charge is 0.344 e. The van der Waals surface area contributed by atoms with Crippen LogP contribution in [0.1, 0.15) is 188 Å². The van der Waals surface area contributed by atoms with Crippen molar-refractivity contribution >= 4 is 87.2 Å². The van der Waals surface area contributed by atoms with Crippen molar-refractivity contribution in [3.05, 3.63) is 325 Å². The van der Waals surface area contributed by atoms with Gasteiger partial charge >= 0.3 is 23.9 Å². The molecule has 1 heterocycles. The summed E-state index contributed by atoms with van der Waals surface area (Å²) in [5, 5.41) is 2.66. The van der Waals surface area contributed by atoms with Crippen molar-refractivity contribution in [1.29, 1.82) is 0 Å². The highest BCUT2D eigenvalue weighted by Gasteiger charge is 2.60. The van der Waals surface area contributed by atoms with Crippen LogP contribution in [0.2, 0.25) is 0 Å². The van der Waals surface area contributed by atoms with E-state index in [0.29, 0.717) is 35.2 Å². The Kier molecular flexibility index (Phi) is 27.6. The molecule has 12 aromatic carbocycles. The van der Waals surface area contributed by atoms with Gasteiger partial charge in [-0.15, -0.1) is 0 Å². The van der Waals surface area contributed by atoms with Gasteiger partial charge in [-0.3, -0.25) is 4.79 Å². The van der Waals surface area contributed by atoms with E-state index in [-0.39, 0.29) is 109 Å². The van der Waals surface area contributed by atoms with Gasteiger partial charge in [0.2, 0.25) is 0 Å². The standard InChI is InChI=1S/C33H35O3S.C33H37O3S.C32H35O3S.C29H29O2S/c1-20-12-26(37-29-10-6-4-8-27(29)28-9-5-7-11-30(28)37)13-21(2)32(20)35-19-31(34)36-33(3)24-15-22-14-23(17-24)18-25(33)16-22;1-22-14-30(37(28-10-6-4-7-11-28)29-12-8-5-9-13-29)15-23(2)32(22)36-31(34)21-35-33(3)26-17-24-16-25(19-26)20-27(33)18-24;1-22-13-29(36(27-9-5-3-6-10-27)28-11-7-4-8-12-28)14-23(2)31(22)34-21-30(33)35-32-18-24-15-25(19-32)17-26(16-24)20-32;30-28(29-18-21-15-22(19-29)17-23(16-21)20-29)31-24-11-13-27(14-12-24)32(25-7-3-1-4-8-25)26-9-5-2-6-10-26/h4-13,22-25H,14-19H2,1-3H3;4-15,24-27H,16-21H2,1-3H3;3-14,24-26H,15-21H2,1-2H3;1-14,21-23H,15-20H2/q4*+1. The highest BCUT2D eigenvalue weighted by atomic mass is 32.2. The van der Waals surface area contributed by atoms with E-state index in [1.807, 2.05) is 26.0 Å². The number of esters is 4. The lowest BCUT2D eigenvalue weighted by Gasteiger charge is -2.59. The van der Waals surface area contributed by atoms with Crippen LogP contribution in [-0.4, -0.2) is 60.5 Å². The van der Waals surface area contributed by atoms with Crippen molar-refractivity contribution in [3.8, 4) is 27.9 Å². The zero-order valence-electron chi connectivity index (χ0n) is 83.6. The second-order valence-corrected chi connectivity index (χ2v) is 52.7. The summed E-state index contributed by atoms with van der Waals surface area (Å²) in [5.74, 6) is 12.4. The lowest BCUT2D eigenvalue weighted by molar-refractivity contribution is -0.204. The number of hydrogen-bond donors (Lipinski definition) is 0. The minimum atomic E-state index is -0.313. The van der Waals surface area contributed by atoms with Crippen molar-refractivity contribution < 1.29 is 52.3 Å². The molecule has 0 unspecified atom stereocenters. The first kappa shape index (κ1) is 96.2. The number of fused-ring (bicyclic) bond motifs is 3. The van der Waals surface area contributed by atoms with Gasteiger partial charge in [0.05, 0.1) is 43.7 Å². The summed E-state index contributed by atoms with van der Waals surface area (Å²) in [7, 11) is -0.774. The Morgan fingerprint density at radius 1 is 0.289 bits per heavy atom. The maximum atomic E-state index is 13.3. The Morgan fingerprint density at radius 3 is 0.951 bits per heavy atom. The van der Waals surface area contributed by atoms with Gasteiger partial charge in [0.1, 0.15) is 40.8 Å². The van der Waals surface area contributed by atoms with Gasteiger partial charge in [0.15, 0.2) is 71.6 Å². The number of benzene rings is 12. The highest BCUT2D eigenvalue weighted by molar-refractivity contribution is 7.97. The van der Waals surface area contributed by atoms with Crippen molar-refractivity contribution in [2.45, 2.75) is 258 Å². The molecule has 15 heteroatoms. The molecule has 0 spiro atoms. The molecule has 16 bridgehead atoms. The van der Waals surface area contributed by atoms with Crippen LogP contribution in [0.15, 0.2) is 335 Å². The summed E-state index contributed by atoms with van der Waals surface area (Å²) >= 11 is 0. The summed E-state index contributed by atoms with van der Waals surface area (Å²) in [4.78, 5) is 65.0. The van der Waals surface area contributed by atoms with Crippen LogP contribution >= 0.6 is 10.5 Å². The van der Waals surface area contributed by atoms with Crippen LogP contribution in [0, 0.1) is 130 Å². The summed E-state index contributed by atoms with van der Waals surface area (Å²) in [6, 6.07) is 103. The zero-order chi connectivity index (χ0) is 97.1. The number of ether oxygens (including phenoxy) is 7. The molecule has 16 aliphatic rings. The minimum Gasteiger partial charge on any atom is -0.481 e. The molecule has 16 fully saturated rings. The molecule has 29 rings (SSSR count). The van der Waals surface area contributed by atoms with Gasteiger partial charge in [-0.2, -0.15) is 0 Å². The quantitative estimate of drug-likeness (QED) is 0.0325. The van der Waals surface area contributed by atoms with Crippen molar-refractivity contribution in [3.63, 3.8) is 0 Å². The third-order valence-electron chi connectivity index (χ3n) is 34.7. The number of carbonyl (C=O) groups is 4. The molecule has 0 N–H and O–H groups in total. The van der Waals surface area contributed by atoms with Crippen molar-refractivity contribution in [2.24, 2.45) is 88.3 Å². The fourth-order valence-electron chi connectivity index (χ4n) is 29.6. The second kappa shape index (κ2) is 40.7. The molecule has 0 amide bonds. The van der Waals surface area contributed by atoms with E-state index < -0.39 is 0 Å². The van der Waals surface area contributed by atoms with Crippen LogP contribution in [0.3, 0.4) is 0 Å². The van der Waals surface area contributed by atoms with E-state index >= 15 is 0 Å². The summed E-state index contributed by atoms with van der Waals surface area (Å²) in [6.07, 6.45) is 27.1. The van der Waals surface area contributed by atoms with E-state index in [1.54, 1.807) is 0 Å². The number of hydrogen-bond acceptors (Lipinski definition) is 11. The predicted octanol–water partition coefficient (Wildman–Crippen LogP) is 30.2. The first-order valence-electron chi connectivity index (χ1n) is 52.6. The van der Waals surface area contributed by atoms with E-state index in [4.69, 9.17) is 33.2 Å². The average molecular weight is 1970 g/mol. The summed E-state index contributed by atoms with van der Waals surface area (Å²) in [5.41, 5.74) is 5.27. The number of thiophene rings is 1. The monoisotopic (exact) mass is 1960 g/mol.